The maximum Gasteiger partial charge on any atom is 0.337 e. The van der Waals surface area contributed by atoms with Gasteiger partial charge in [-0.15, -0.1) is 0 Å². The van der Waals surface area contributed by atoms with Crippen LogP contribution in [0.4, 0.5) is 5.82 Å². The Balaban J connectivity index is 2.12. The number of carbonyl (C=O) groups is 2. The van der Waals surface area contributed by atoms with Crippen LogP contribution in [0.15, 0.2) is 36.7 Å². The SMILES string of the molecule is CCCc1c(C(=O)O)ccn1CC(=O)Nc1ccccn1. The number of pyridine rings is 1. The van der Waals surface area contributed by atoms with E-state index in [1.807, 2.05) is 6.92 Å². The first kappa shape index (κ1) is 14.8. The van der Waals surface area contributed by atoms with E-state index in [4.69, 9.17) is 5.11 Å². The van der Waals surface area contributed by atoms with Crippen LogP contribution in [-0.2, 0) is 17.8 Å². The summed E-state index contributed by atoms with van der Waals surface area (Å²) < 4.78 is 1.67. The molecule has 0 aliphatic carbocycles. The van der Waals surface area contributed by atoms with Gasteiger partial charge in [-0.3, -0.25) is 4.79 Å². The summed E-state index contributed by atoms with van der Waals surface area (Å²) in [6.45, 7) is 2.04. The predicted molar refractivity (Wildman–Crippen MR) is 78.3 cm³/mol. The summed E-state index contributed by atoms with van der Waals surface area (Å²) in [5.41, 5.74) is 0.920. The summed E-state index contributed by atoms with van der Waals surface area (Å²) in [5.74, 6) is -0.730. The Kier molecular flexibility index (Phi) is 4.71. The molecule has 0 atom stereocenters. The smallest absolute Gasteiger partial charge is 0.337 e. The molecule has 1 amide bonds. The number of anilines is 1. The average molecular weight is 287 g/mol. The van der Waals surface area contributed by atoms with Gasteiger partial charge < -0.3 is 15.0 Å². The lowest BCUT2D eigenvalue weighted by Gasteiger charge is -2.10. The second kappa shape index (κ2) is 6.69. The molecule has 6 nitrogen and oxygen atoms in total. The molecule has 0 saturated heterocycles. The molecule has 0 radical (unpaired) electrons. The zero-order valence-corrected chi connectivity index (χ0v) is 11.7. The van der Waals surface area contributed by atoms with E-state index in [0.29, 0.717) is 17.9 Å². The number of amides is 1. The summed E-state index contributed by atoms with van der Waals surface area (Å²) in [4.78, 5) is 27.2. The number of hydrogen-bond donors (Lipinski definition) is 2. The number of nitrogens with zero attached hydrogens (tertiary/aromatic N) is 2. The molecule has 21 heavy (non-hydrogen) atoms. The van der Waals surface area contributed by atoms with E-state index in [0.717, 1.165) is 6.42 Å². The second-order valence-corrected chi connectivity index (χ2v) is 4.62. The molecule has 0 bridgehead atoms. The van der Waals surface area contributed by atoms with Crippen LogP contribution >= 0.6 is 0 Å². The van der Waals surface area contributed by atoms with Crippen molar-refractivity contribution < 1.29 is 14.7 Å². The second-order valence-electron chi connectivity index (χ2n) is 4.62. The van der Waals surface area contributed by atoms with Crippen molar-refractivity contribution in [3.8, 4) is 0 Å². The molecule has 110 valence electrons. The van der Waals surface area contributed by atoms with Gasteiger partial charge in [0.05, 0.1) is 5.56 Å². The fraction of sp³-hybridized carbons (Fsp3) is 0.267. The zero-order chi connectivity index (χ0) is 15.2. The standard InChI is InChI=1S/C15H17N3O3/c1-2-5-12-11(15(20)21)7-9-18(12)10-14(19)17-13-6-3-4-8-16-13/h3-4,6-9H,2,5,10H2,1H3,(H,20,21)(H,16,17,19). The van der Waals surface area contributed by atoms with E-state index in [2.05, 4.69) is 10.3 Å². The van der Waals surface area contributed by atoms with Crippen LogP contribution in [0.1, 0.15) is 29.4 Å². The number of rotatable bonds is 6. The van der Waals surface area contributed by atoms with Crippen molar-refractivity contribution in [1.29, 1.82) is 0 Å². The molecule has 0 aliphatic heterocycles. The highest BCUT2D eigenvalue weighted by Gasteiger charge is 2.16. The van der Waals surface area contributed by atoms with Crippen molar-refractivity contribution in [3.63, 3.8) is 0 Å². The molecule has 0 aromatic carbocycles. The van der Waals surface area contributed by atoms with Crippen LogP contribution < -0.4 is 5.32 Å². The van der Waals surface area contributed by atoms with Gasteiger partial charge >= 0.3 is 5.97 Å². The van der Waals surface area contributed by atoms with Crippen molar-refractivity contribution in [2.45, 2.75) is 26.3 Å². The Labute approximate surface area is 122 Å². The molecule has 2 aromatic heterocycles. The summed E-state index contributed by atoms with van der Waals surface area (Å²) in [7, 11) is 0. The topological polar surface area (TPSA) is 84.2 Å². The van der Waals surface area contributed by atoms with Crippen molar-refractivity contribution in [1.82, 2.24) is 9.55 Å². The highest BCUT2D eigenvalue weighted by molar-refractivity contribution is 5.91. The van der Waals surface area contributed by atoms with Crippen LogP contribution in [0, 0.1) is 0 Å². The van der Waals surface area contributed by atoms with Crippen LogP contribution in [0.5, 0.6) is 0 Å². The van der Waals surface area contributed by atoms with Crippen molar-refractivity contribution >= 4 is 17.7 Å². The summed E-state index contributed by atoms with van der Waals surface area (Å²) >= 11 is 0. The average Bonchev–Trinajstić information content (AvgIpc) is 2.83. The number of nitrogens with one attached hydrogen (secondary N) is 1. The molecular weight excluding hydrogens is 270 g/mol. The molecular formula is C15H17N3O3. The Morgan fingerprint density at radius 1 is 1.33 bits per heavy atom. The molecule has 0 fully saturated rings. The van der Waals surface area contributed by atoms with E-state index in [9.17, 15) is 9.59 Å². The third-order valence-corrected chi connectivity index (χ3v) is 3.04. The van der Waals surface area contributed by atoms with Gasteiger partial charge in [0.15, 0.2) is 0 Å². The lowest BCUT2D eigenvalue weighted by Crippen LogP contribution is -2.20. The van der Waals surface area contributed by atoms with Crippen LogP contribution in [0.3, 0.4) is 0 Å². The Bertz CT molecular complexity index is 635. The summed E-state index contributed by atoms with van der Waals surface area (Å²) in [5, 5.41) is 11.8. The van der Waals surface area contributed by atoms with Crippen LogP contribution in [0.25, 0.3) is 0 Å². The Morgan fingerprint density at radius 3 is 2.76 bits per heavy atom. The van der Waals surface area contributed by atoms with E-state index in [1.165, 1.54) is 6.07 Å². The van der Waals surface area contributed by atoms with Gasteiger partial charge in [-0.2, -0.15) is 0 Å². The third kappa shape index (κ3) is 3.68. The monoisotopic (exact) mass is 287 g/mol. The van der Waals surface area contributed by atoms with Gasteiger partial charge in [-0.25, -0.2) is 9.78 Å². The lowest BCUT2D eigenvalue weighted by atomic mass is 10.1. The number of carboxylic acid groups (broad SMARTS) is 1. The van der Waals surface area contributed by atoms with Crippen molar-refractivity contribution in [3.05, 3.63) is 47.9 Å². The van der Waals surface area contributed by atoms with Gasteiger partial charge in [0.2, 0.25) is 5.91 Å². The molecule has 0 spiro atoms. The van der Waals surface area contributed by atoms with Gasteiger partial charge in [0, 0.05) is 18.1 Å². The quantitative estimate of drug-likeness (QED) is 0.852. The first-order valence-electron chi connectivity index (χ1n) is 6.74. The van der Waals surface area contributed by atoms with Gasteiger partial charge in [0.25, 0.3) is 0 Å². The summed E-state index contributed by atoms with van der Waals surface area (Å²) in [6.07, 6.45) is 4.65. The fourth-order valence-corrected chi connectivity index (χ4v) is 2.14. The molecule has 2 rings (SSSR count). The highest BCUT2D eigenvalue weighted by atomic mass is 16.4. The summed E-state index contributed by atoms with van der Waals surface area (Å²) in [6, 6.07) is 6.77. The lowest BCUT2D eigenvalue weighted by molar-refractivity contribution is -0.116. The van der Waals surface area contributed by atoms with E-state index >= 15 is 0 Å². The molecule has 2 N–H and O–H groups in total. The maximum atomic E-state index is 12.0. The number of aromatic nitrogens is 2. The van der Waals surface area contributed by atoms with Crippen LogP contribution in [0.2, 0.25) is 0 Å². The zero-order valence-electron chi connectivity index (χ0n) is 11.7. The first-order chi connectivity index (χ1) is 10.1. The minimum absolute atomic E-state index is 0.0686. The molecule has 2 aromatic rings. The largest absolute Gasteiger partial charge is 0.478 e. The molecule has 6 heteroatoms. The Morgan fingerprint density at radius 2 is 2.14 bits per heavy atom. The van der Waals surface area contributed by atoms with Gasteiger partial charge in [-0.1, -0.05) is 19.4 Å². The van der Waals surface area contributed by atoms with E-state index in [1.54, 1.807) is 35.2 Å². The molecule has 0 saturated carbocycles. The van der Waals surface area contributed by atoms with E-state index in [-0.39, 0.29) is 18.0 Å². The molecule has 2 heterocycles. The van der Waals surface area contributed by atoms with Crippen LogP contribution in [-0.4, -0.2) is 26.5 Å². The minimum atomic E-state index is -0.970. The molecule has 0 unspecified atom stereocenters. The number of hydrogen-bond acceptors (Lipinski definition) is 3. The third-order valence-electron chi connectivity index (χ3n) is 3.04. The van der Waals surface area contributed by atoms with Crippen molar-refractivity contribution in [2.75, 3.05) is 5.32 Å². The number of carbonyl (C=O) groups excluding carboxylic acids is 1. The highest BCUT2D eigenvalue weighted by Crippen LogP contribution is 2.14. The van der Waals surface area contributed by atoms with Gasteiger partial charge in [0.1, 0.15) is 12.4 Å². The minimum Gasteiger partial charge on any atom is -0.478 e. The van der Waals surface area contributed by atoms with E-state index < -0.39 is 5.97 Å². The Hall–Kier alpha value is -2.63. The maximum absolute atomic E-state index is 12.0. The number of aromatic carboxylic acids is 1. The normalized spacial score (nSPS) is 10.3. The fourth-order valence-electron chi connectivity index (χ4n) is 2.14. The number of carboxylic acids is 1. The first-order valence-corrected chi connectivity index (χ1v) is 6.74. The van der Waals surface area contributed by atoms with Gasteiger partial charge in [-0.05, 0) is 24.6 Å². The predicted octanol–water partition coefficient (Wildman–Crippen LogP) is 2.17. The molecule has 0 aliphatic rings. The van der Waals surface area contributed by atoms with Crippen molar-refractivity contribution in [2.24, 2.45) is 0 Å².